The number of benzene rings is 2. The van der Waals surface area contributed by atoms with Crippen molar-refractivity contribution in [3.63, 3.8) is 0 Å². The maximum atomic E-state index is 12.7. The van der Waals surface area contributed by atoms with Gasteiger partial charge in [0, 0.05) is 0 Å². The summed E-state index contributed by atoms with van der Waals surface area (Å²) in [5.74, 6) is -0.848. The molecule has 0 aliphatic carbocycles. The highest BCUT2D eigenvalue weighted by Gasteiger charge is 2.23. The molecular weight excluding hydrogens is 334 g/mol. The van der Waals surface area contributed by atoms with Crippen molar-refractivity contribution < 1.29 is 27.8 Å². The Balaban J connectivity index is 2.53. The third kappa shape index (κ3) is 3.60. The largest absolute Gasteiger partial charge is 0.495 e. The number of carboxylic acid groups (broad SMARTS) is 1. The van der Waals surface area contributed by atoms with Gasteiger partial charge in [0.15, 0.2) is 0 Å². The highest BCUT2D eigenvalue weighted by Crippen LogP contribution is 2.31. The summed E-state index contributed by atoms with van der Waals surface area (Å²) in [6.07, 6.45) is 0. The van der Waals surface area contributed by atoms with Gasteiger partial charge >= 0.3 is 5.97 Å². The van der Waals surface area contributed by atoms with Crippen LogP contribution < -0.4 is 14.2 Å². The number of carboxylic acids is 1. The number of hydrogen-bond acceptors (Lipinski definition) is 5. The van der Waals surface area contributed by atoms with E-state index in [1.807, 2.05) is 6.92 Å². The molecule has 0 fully saturated rings. The molecule has 0 aliphatic heterocycles. The van der Waals surface area contributed by atoms with Crippen LogP contribution >= 0.6 is 0 Å². The third-order valence-corrected chi connectivity index (χ3v) is 4.69. The van der Waals surface area contributed by atoms with E-state index in [4.69, 9.17) is 14.6 Å². The number of rotatable bonds is 6. The normalized spacial score (nSPS) is 11.0. The summed E-state index contributed by atoms with van der Waals surface area (Å²) in [6, 6.07) is 8.65. The second-order valence-electron chi connectivity index (χ2n) is 4.98. The molecule has 0 atom stereocenters. The van der Waals surface area contributed by atoms with Crippen molar-refractivity contribution in [1.29, 1.82) is 0 Å². The Bertz CT molecular complexity index is 876. The molecule has 24 heavy (non-hydrogen) atoms. The van der Waals surface area contributed by atoms with Gasteiger partial charge in [0.05, 0.1) is 25.5 Å². The van der Waals surface area contributed by atoms with Crippen LogP contribution in [0, 0.1) is 6.92 Å². The van der Waals surface area contributed by atoms with Crippen LogP contribution in [0.1, 0.15) is 15.9 Å². The van der Waals surface area contributed by atoms with Crippen LogP contribution in [-0.2, 0) is 10.0 Å². The lowest BCUT2D eigenvalue weighted by Crippen LogP contribution is -2.15. The SMILES string of the molecule is COc1ccc(C)cc1NS(=O)(=O)c1cc(C(=O)O)ccc1OC. The van der Waals surface area contributed by atoms with E-state index in [9.17, 15) is 13.2 Å². The first-order valence-corrected chi connectivity index (χ1v) is 8.35. The zero-order chi connectivity index (χ0) is 17.9. The van der Waals surface area contributed by atoms with Crippen molar-refractivity contribution in [1.82, 2.24) is 0 Å². The van der Waals surface area contributed by atoms with Gasteiger partial charge < -0.3 is 14.6 Å². The summed E-state index contributed by atoms with van der Waals surface area (Å²) < 4.78 is 38.0. The Morgan fingerprint density at radius 3 is 2.25 bits per heavy atom. The van der Waals surface area contributed by atoms with E-state index in [0.717, 1.165) is 11.6 Å². The van der Waals surface area contributed by atoms with Crippen LogP contribution in [0.5, 0.6) is 11.5 Å². The number of methoxy groups -OCH3 is 2. The highest BCUT2D eigenvalue weighted by atomic mass is 32.2. The van der Waals surface area contributed by atoms with Gasteiger partial charge in [0.25, 0.3) is 10.0 Å². The van der Waals surface area contributed by atoms with Crippen LogP contribution in [0.2, 0.25) is 0 Å². The van der Waals surface area contributed by atoms with Crippen LogP contribution in [0.25, 0.3) is 0 Å². The minimum absolute atomic E-state index is 0.0409. The van der Waals surface area contributed by atoms with Crippen LogP contribution in [-0.4, -0.2) is 33.7 Å². The lowest BCUT2D eigenvalue weighted by Gasteiger charge is -2.15. The molecular formula is C16H17NO6S. The van der Waals surface area contributed by atoms with Crippen molar-refractivity contribution in [2.75, 3.05) is 18.9 Å². The summed E-state index contributed by atoms with van der Waals surface area (Å²) in [4.78, 5) is 10.8. The molecule has 0 aliphatic rings. The molecule has 0 radical (unpaired) electrons. The van der Waals surface area contributed by atoms with Gasteiger partial charge in [-0.25, -0.2) is 13.2 Å². The summed E-state index contributed by atoms with van der Waals surface area (Å²) in [6.45, 7) is 1.81. The number of anilines is 1. The predicted octanol–water partition coefficient (Wildman–Crippen LogP) is 2.51. The zero-order valence-electron chi connectivity index (χ0n) is 13.4. The Kier molecular flexibility index (Phi) is 4.99. The van der Waals surface area contributed by atoms with Gasteiger partial charge in [-0.2, -0.15) is 0 Å². The smallest absolute Gasteiger partial charge is 0.335 e. The standard InChI is InChI=1S/C16H17NO6S/c1-10-4-6-13(22-2)12(8-10)17-24(20,21)15-9-11(16(18)19)5-7-14(15)23-3/h4-9,17H,1-3H3,(H,18,19). The molecule has 7 nitrogen and oxygen atoms in total. The first-order valence-electron chi connectivity index (χ1n) is 6.87. The van der Waals surface area contributed by atoms with E-state index >= 15 is 0 Å². The fourth-order valence-electron chi connectivity index (χ4n) is 2.12. The van der Waals surface area contributed by atoms with E-state index < -0.39 is 16.0 Å². The van der Waals surface area contributed by atoms with Gasteiger partial charge in [-0.3, -0.25) is 4.72 Å². The molecule has 0 saturated heterocycles. The summed E-state index contributed by atoms with van der Waals surface area (Å²) in [5.41, 5.74) is 0.924. The van der Waals surface area contributed by atoms with Crippen LogP contribution in [0.15, 0.2) is 41.3 Å². The molecule has 0 unspecified atom stereocenters. The molecule has 0 bridgehead atoms. The number of ether oxygens (including phenoxy) is 2. The molecule has 0 heterocycles. The molecule has 8 heteroatoms. The Morgan fingerprint density at radius 1 is 1.04 bits per heavy atom. The molecule has 2 rings (SSSR count). The van der Waals surface area contributed by atoms with E-state index in [1.54, 1.807) is 18.2 Å². The Morgan fingerprint density at radius 2 is 1.67 bits per heavy atom. The number of carbonyl (C=O) groups is 1. The first kappa shape index (κ1) is 17.6. The number of sulfonamides is 1. The Labute approximate surface area is 139 Å². The molecule has 2 N–H and O–H groups in total. The fraction of sp³-hybridized carbons (Fsp3) is 0.188. The maximum absolute atomic E-state index is 12.7. The van der Waals surface area contributed by atoms with E-state index in [1.165, 1.54) is 26.4 Å². The lowest BCUT2D eigenvalue weighted by molar-refractivity contribution is 0.0696. The fourth-order valence-corrected chi connectivity index (χ4v) is 3.38. The number of hydrogen-bond donors (Lipinski definition) is 2. The van der Waals surface area contributed by atoms with Gasteiger partial charge in [0.1, 0.15) is 16.4 Å². The van der Waals surface area contributed by atoms with Crippen LogP contribution in [0.4, 0.5) is 5.69 Å². The van der Waals surface area contributed by atoms with Gasteiger partial charge in [-0.15, -0.1) is 0 Å². The molecule has 0 saturated carbocycles. The van der Waals surface area contributed by atoms with Crippen molar-refractivity contribution in [2.45, 2.75) is 11.8 Å². The topological polar surface area (TPSA) is 102 Å². The molecule has 128 valence electrons. The molecule has 0 amide bonds. The monoisotopic (exact) mass is 351 g/mol. The average Bonchev–Trinajstić information content (AvgIpc) is 2.54. The highest BCUT2D eigenvalue weighted by molar-refractivity contribution is 7.92. The second kappa shape index (κ2) is 6.79. The van der Waals surface area contributed by atoms with E-state index in [0.29, 0.717) is 5.75 Å². The number of aromatic carboxylic acids is 1. The predicted molar refractivity (Wildman–Crippen MR) is 88.5 cm³/mol. The summed E-state index contributed by atoms with van der Waals surface area (Å²) >= 11 is 0. The zero-order valence-corrected chi connectivity index (χ0v) is 14.2. The van der Waals surface area contributed by atoms with Crippen molar-refractivity contribution in [3.05, 3.63) is 47.5 Å². The van der Waals surface area contributed by atoms with Gasteiger partial charge in [-0.05, 0) is 42.8 Å². The maximum Gasteiger partial charge on any atom is 0.335 e. The quantitative estimate of drug-likeness (QED) is 0.829. The van der Waals surface area contributed by atoms with E-state index in [-0.39, 0.29) is 21.9 Å². The van der Waals surface area contributed by atoms with Crippen molar-refractivity contribution in [3.8, 4) is 11.5 Å². The molecule has 2 aromatic carbocycles. The minimum Gasteiger partial charge on any atom is -0.495 e. The summed E-state index contributed by atoms with van der Waals surface area (Å²) in [7, 11) is -1.35. The van der Waals surface area contributed by atoms with Gasteiger partial charge in [0.2, 0.25) is 0 Å². The molecule has 2 aromatic rings. The van der Waals surface area contributed by atoms with E-state index in [2.05, 4.69) is 4.72 Å². The first-order chi connectivity index (χ1) is 11.3. The minimum atomic E-state index is -4.08. The molecule has 0 aromatic heterocycles. The second-order valence-corrected chi connectivity index (χ2v) is 6.63. The third-order valence-electron chi connectivity index (χ3n) is 3.30. The summed E-state index contributed by atoms with van der Waals surface area (Å²) in [5, 5.41) is 9.07. The van der Waals surface area contributed by atoms with Crippen molar-refractivity contribution in [2.24, 2.45) is 0 Å². The average molecular weight is 351 g/mol. The number of aryl methyl sites for hydroxylation is 1. The van der Waals surface area contributed by atoms with Gasteiger partial charge in [-0.1, -0.05) is 6.07 Å². The lowest BCUT2D eigenvalue weighted by atomic mass is 10.2. The van der Waals surface area contributed by atoms with Crippen LogP contribution in [0.3, 0.4) is 0 Å². The number of nitrogens with one attached hydrogen (secondary N) is 1. The molecule has 0 spiro atoms. The van der Waals surface area contributed by atoms with Crippen molar-refractivity contribution >= 4 is 21.7 Å². The Hall–Kier alpha value is -2.74.